The van der Waals surface area contributed by atoms with Crippen LogP contribution in [0.25, 0.3) is 11.1 Å². The molecule has 2 aromatic rings. The molecule has 0 aliphatic heterocycles. The highest BCUT2D eigenvalue weighted by Crippen LogP contribution is 2.46. The third kappa shape index (κ3) is 1.96. The first-order valence-corrected chi connectivity index (χ1v) is 5.98. The van der Waals surface area contributed by atoms with Crippen LogP contribution in [0, 0.1) is 0 Å². The van der Waals surface area contributed by atoms with E-state index in [9.17, 15) is 13.6 Å². The number of carbonyl (C=O) groups is 1. The monoisotopic (exact) mass is 276 g/mol. The van der Waals surface area contributed by atoms with Crippen molar-refractivity contribution in [2.45, 2.75) is 12.7 Å². The molecular weight excluding hydrogens is 266 g/mol. The third-order valence-corrected chi connectivity index (χ3v) is 3.36. The average Bonchev–Trinajstić information content (AvgIpc) is 2.73. The van der Waals surface area contributed by atoms with E-state index in [0.717, 1.165) is 5.56 Å². The van der Waals surface area contributed by atoms with E-state index < -0.39 is 18.7 Å². The molecule has 0 saturated carbocycles. The van der Waals surface area contributed by atoms with Crippen LogP contribution in [0.4, 0.5) is 8.78 Å². The number of halogens is 2. The Morgan fingerprint density at radius 3 is 2.50 bits per heavy atom. The number of carboxylic acids is 1. The van der Waals surface area contributed by atoms with Crippen LogP contribution in [-0.2, 0) is 4.74 Å². The average molecular weight is 276 g/mol. The molecule has 0 heterocycles. The second-order valence-corrected chi connectivity index (χ2v) is 4.47. The summed E-state index contributed by atoms with van der Waals surface area (Å²) in [6.45, 7) is -2.89. The Hall–Kier alpha value is -2.27. The Morgan fingerprint density at radius 2 is 1.80 bits per heavy atom. The Balaban J connectivity index is 2.17. The van der Waals surface area contributed by atoms with Gasteiger partial charge >= 0.3 is 12.6 Å². The number of benzene rings is 2. The fraction of sp³-hybridized carbons (Fsp3) is 0.133. The lowest BCUT2D eigenvalue weighted by molar-refractivity contribution is -0.152. The molecule has 1 atom stereocenters. The van der Waals surface area contributed by atoms with Crippen LogP contribution < -0.4 is 0 Å². The molecule has 1 N–H and O–H groups in total. The first-order chi connectivity index (χ1) is 9.58. The normalized spacial score (nSPS) is 16.1. The van der Waals surface area contributed by atoms with Crippen LogP contribution in [-0.4, -0.2) is 17.7 Å². The molecule has 0 aromatic heterocycles. The van der Waals surface area contributed by atoms with Gasteiger partial charge in [0.2, 0.25) is 0 Å². The molecule has 102 valence electrons. The molecule has 0 bridgehead atoms. The summed E-state index contributed by atoms with van der Waals surface area (Å²) < 4.78 is 29.8. The van der Waals surface area contributed by atoms with Gasteiger partial charge in [-0.1, -0.05) is 30.3 Å². The van der Waals surface area contributed by atoms with Gasteiger partial charge in [-0.15, -0.1) is 0 Å². The lowest BCUT2D eigenvalue weighted by atomic mass is 10.0. The number of ether oxygens (including phenoxy) is 1. The molecule has 3 nitrogen and oxygen atoms in total. The summed E-state index contributed by atoms with van der Waals surface area (Å²) in [6.07, 6.45) is -0.857. The number of fused-ring (bicyclic) bond motifs is 3. The number of aromatic carboxylic acids is 1. The molecular formula is C15H10F2O3. The molecule has 0 spiro atoms. The van der Waals surface area contributed by atoms with E-state index >= 15 is 0 Å². The topological polar surface area (TPSA) is 46.5 Å². The Morgan fingerprint density at radius 1 is 1.10 bits per heavy atom. The standard InChI is InChI=1S/C15H10F2O3/c16-15(17)20-13-10-4-2-1-3-9(10)12-7-8(14(18)19)5-6-11(12)13/h1-7,13,15H,(H,18,19). The van der Waals surface area contributed by atoms with E-state index in [1.807, 2.05) is 0 Å². The Bertz CT molecular complexity index is 683. The molecule has 5 heteroatoms. The summed E-state index contributed by atoms with van der Waals surface area (Å²) >= 11 is 0. The van der Waals surface area contributed by atoms with Crippen LogP contribution in [0.3, 0.4) is 0 Å². The fourth-order valence-electron chi connectivity index (χ4n) is 2.54. The van der Waals surface area contributed by atoms with E-state index in [-0.39, 0.29) is 5.56 Å². The van der Waals surface area contributed by atoms with Crippen molar-refractivity contribution in [3.63, 3.8) is 0 Å². The predicted molar refractivity (Wildman–Crippen MR) is 67.8 cm³/mol. The Kier molecular flexibility index (Phi) is 2.99. The van der Waals surface area contributed by atoms with Crippen LogP contribution in [0.1, 0.15) is 27.6 Å². The molecule has 0 amide bonds. The van der Waals surface area contributed by atoms with Crippen LogP contribution >= 0.6 is 0 Å². The van der Waals surface area contributed by atoms with E-state index in [0.29, 0.717) is 16.7 Å². The van der Waals surface area contributed by atoms with Gasteiger partial charge in [0.15, 0.2) is 0 Å². The largest absolute Gasteiger partial charge is 0.478 e. The molecule has 0 radical (unpaired) electrons. The van der Waals surface area contributed by atoms with Crippen molar-refractivity contribution in [2.75, 3.05) is 0 Å². The summed E-state index contributed by atoms with van der Waals surface area (Å²) in [6, 6.07) is 11.4. The minimum atomic E-state index is -2.89. The van der Waals surface area contributed by atoms with Crippen molar-refractivity contribution in [3.8, 4) is 11.1 Å². The van der Waals surface area contributed by atoms with Crippen molar-refractivity contribution in [3.05, 3.63) is 59.2 Å². The van der Waals surface area contributed by atoms with E-state index in [2.05, 4.69) is 4.74 Å². The van der Waals surface area contributed by atoms with Gasteiger partial charge in [-0.05, 0) is 34.4 Å². The second kappa shape index (κ2) is 4.68. The van der Waals surface area contributed by atoms with Crippen LogP contribution in [0.15, 0.2) is 42.5 Å². The number of hydrogen-bond acceptors (Lipinski definition) is 2. The van der Waals surface area contributed by atoms with Gasteiger partial charge in [0.05, 0.1) is 5.56 Å². The highest BCUT2D eigenvalue weighted by molar-refractivity contribution is 5.91. The zero-order chi connectivity index (χ0) is 14.3. The van der Waals surface area contributed by atoms with Crippen molar-refractivity contribution >= 4 is 5.97 Å². The highest BCUT2D eigenvalue weighted by Gasteiger charge is 2.31. The van der Waals surface area contributed by atoms with E-state index in [4.69, 9.17) is 5.11 Å². The van der Waals surface area contributed by atoms with E-state index in [1.165, 1.54) is 18.2 Å². The van der Waals surface area contributed by atoms with Crippen LogP contribution in [0.5, 0.6) is 0 Å². The quantitative estimate of drug-likeness (QED) is 0.929. The van der Waals surface area contributed by atoms with Gasteiger partial charge in [-0.25, -0.2) is 4.79 Å². The lowest BCUT2D eigenvalue weighted by Crippen LogP contribution is -2.07. The molecule has 2 aromatic carbocycles. The maximum absolute atomic E-state index is 12.6. The summed E-state index contributed by atoms with van der Waals surface area (Å²) in [5, 5.41) is 9.02. The van der Waals surface area contributed by atoms with Gasteiger partial charge in [0.25, 0.3) is 0 Å². The molecule has 3 rings (SSSR count). The zero-order valence-electron chi connectivity index (χ0n) is 10.2. The maximum atomic E-state index is 12.6. The van der Waals surface area contributed by atoms with Crippen molar-refractivity contribution < 1.29 is 23.4 Å². The number of rotatable bonds is 3. The molecule has 1 aliphatic carbocycles. The number of carboxylic acid groups (broad SMARTS) is 1. The van der Waals surface area contributed by atoms with Crippen molar-refractivity contribution in [1.82, 2.24) is 0 Å². The van der Waals surface area contributed by atoms with Crippen molar-refractivity contribution in [2.24, 2.45) is 0 Å². The first kappa shape index (κ1) is 12.7. The fourth-order valence-corrected chi connectivity index (χ4v) is 2.54. The van der Waals surface area contributed by atoms with Gasteiger partial charge in [0, 0.05) is 0 Å². The second-order valence-electron chi connectivity index (χ2n) is 4.47. The predicted octanol–water partition coefficient (Wildman–Crippen LogP) is 3.69. The molecule has 0 fully saturated rings. The van der Waals surface area contributed by atoms with Crippen LogP contribution in [0.2, 0.25) is 0 Å². The summed E-state index contributed by atoms with van der Waals surface area (Å²) in [5.74, 6) is -1.05. The third-order valence-electron chi connectivity index (χ3n) is 3.36. The minimum Gasteiger partial charge on any atom is -0.478 e. The molecule has 0 saturated heterocycles. The first-order valence-electron chi connectivity index (χ1n) is 5.98. The smallest absolute Gasteiger partial charge is 0.346 e. The summed E-state index contributed by atoms with van der Waals surface area (Å²) in [4.78, 5) is 11.0. The molecule has 1 unspecified atom stereocenters. The highest BCUT2D eigenvalue weighted by atomic mass is 19.3. The molecule has 1 aliphatic rings. The minimum absolute atomic E-state index is 0.122. The van der Waals surface area contributed by atoms with Gasteiger partial charge in [-0.2, -0.15) is 8.78 Å². The van der Waals surface area contributed by atoms with Crippen molar-refractivity contribution in [1.29, 1.82) is 0 Å². The number of hydrogen-bond donors (Lipinski definition) is 1. The Labute approximate surface area is 113 Å². The zero-order valence-corrected chi connectivity index (χ0v) is 10.2. The van der Waals surface area contributed by atoms with Gasteiger partial charge < -0.3 is 9.84 Å². The summed E-state index contributed by atoms with van der Waals surface area (Å²) in [5.41, 5.74) is 2.68. The summed E-state index contributed by atoms with van der Waals surface area (Å²) in [7, 11) is 0. The van der Waals surface area contributed by atoms with Gasteiger partial charge in [0.1, 0.15) is 6.10 Å². The maximum Gasteiger partial charge on any atom is 0.346 e. The number of alkyl halides is 2. The molecule has 20 heavy (non-hydrogen) atoms. The van der Waals surface area contributed by atoms with E-state index in [1.54, 1.807) is 24.3 Å². The SMILES string of the molecule is O=C(O)c1ccc2c(c1)-c1ccccc1C2OC(F)F. The lowest BCUT2D eigenvalue weighted by Gasteiger charge is -2.13. The van der Waals surface area contributed by atoms with Gasteiger partial charge in [-0.3, -0.25) is 0 Å².